The Hall–Kier alpha value is -1.84. The third-order valence-electron chi connectivity index (χ3n) is 2.24. The normalized spacial score (nSPS) is 10.4. The van der Waals surface area contributed by atoms with Crippen molar-refractivity contribution in [2.24, 2.45) is 7.05 Å². The summed E-state index contributed by atoms with van der Waals surface area (Å²) in [6, 6.07) is 5.40. The standard InChI is InChI=1S/C10H10N2O2/c1-12-7(6-13)5-8-9(12)3-4-10(11-8)14-2/h3-6H,1-2H3. The highest BCUT2D eigenvalue weighted by Gasteiger charge is 2.06. The summed E-state index contributed by atoms with van der Waals surface area (Å²) in [4.78, 5) is 14.9. The fraction of sp³-hybridized carbons (Fsp3) is 0.200. The van der Waals surface area contributed by atoms with Gasteiger partial charge in [-0.05, 0) is 12.1 Å². The molecule has 0 spiro atoms. The fourth-order valence-electron chi connectivity index (χ4n) is 1.44. The highest BCUT2D eigenvalue weighted by Crippen LogP contribution is 2.18. The molecule has 2 aromatic heterocycles. The summed E-state index contributed by atoms with van der Waals surface area (Å²) in [6.45, 7) is 0. The Labute approximate surface area is 81.1 Å². The first-order chi connectivity index (χ1) is 6.76. The topological polar surface area (TPSA) is 44.1 Å². The zero-order valence-corrected chi connectivity index (χ0v) is 8.02. The maximum absolute atomic E-state index is 10.7. The Morgan fingerprint density at radius 2 is 2.29 bits per heavy atom. The van der Waals surface area contributed by atoms with E-state index in [4.69, 9.17) is 4.74 Å². The van der Waals surface area contributed by atoms with E-state index in [1.165, 1.54) is 0 Å². The van der Waals surface area contributed by atoms with Crippen LogP contribution in [0.3, 0.4) is 0 Å². The number of hydrogen-bond donors (Lipinski definition) is 0. The van der Waals surface area contributed by atoms with Crippen LogP contribution >= 0.6 is 0 Å². The molecule has 4 nitrogen and oxygen atoms in total. The minimum atomic E-state index is 0.556. The number of hydrogen-bond acceptors (Lipinski definition) is 3. The molecule has 0 saturated carbocycles. The molecule has 4 heteroatoms. The molecule has 0 aliphatic heterocycles. The Morgan fingerprint density at radius 3 is 2.93 bits per heavy atom. The van der Waals surface area contributed by atoms with Gasteiger partial charge in [-0.3, -0.25) is 4.79 Å². The van der Waals surface area contributed by atoms with Gasteiger partial charge in [-0.15, -0.1) is 0 Å². The van der Waals surface area contributed by atoms with Gasteiger partial charge < -0.3 is 9.30 Å². The Balaban J connectivity index is 2.72. The van der Waals surface area contributed by atoms with E-state index >= 15 is 0 Å². The highest BCUT2D eigenvalue weighted by molar-refractivity contribution is 5.86. The van der Waals surface area contributed by atoms with Gasteiger partial charge in [0.25, 0.3) is 0 Å². The summed E-state index contributed by atoms with van der Waals surface area (Å²) in [5.41, 5.74) is 2.31. The van der Waals surface area contributed by atoms with Gasteiger partial charge in [-0.25, -0.2) is 4.98 Å². The third kappa shape index (κ3) is 1.16. The number of rotatable bonds is 2. The van der Waals surface area contributed by atoms with E-state index in [1.54, 1.807) is 23.8 Å². The molecule has 2 heterocycles. The van der Waals surface area contributed by atoms with Crippen LogP contribution < -0.4 is 4.74 Å². The molecule has 0 fully saturated rings. The van der Waals surface area contributed by atoms with Crippen molar-refractivity contribution in [3.8, 4) is 5.88 Å². The van der Waals surface area contributed by atoms with Crippen molar-refractivity contribution in [2.45, 2.75) is 0 Å². The second-order valence-electron chi connectivity index (χ2n) is 3.00. The lowest BCUT2D eigenvalue weighted by Gasteiger charge is -1.99. The van der Waals surface area contributed by atoms with Gasteiger partial charge in [-0.2, -0.15) is 0 Å². The molecule has 0 unspecified atom stereocenters. The average molecular weight is 190 g/mol. The second kappa shape index (κ2) is 3.14. The lowest BCUT2D eigenvalue weighted by Crippen LogP contribution is -1.93. The van der Waals surface area contributed by atoms with E-state index in [0.717, 1.165) is 17.3 Å². The van der Waals surface area contributed by atoms with Gasteiger partial charge in [0.05, 0.1) is 23.8 Å². The molecular formula is C10H10N2O2. The number of aromatic nitrogens is 2. The first kappa shape index (κ1) is 8.74. The molecule has 0 saturated heterocycles. The van der Waals surface area contributed by atoms with E-state index in [9.17, 15) is 4.79 Å². The molecule has 2 rings (SSSR count). The first-order valence-corrected chi connectivity index (χ1v) is 4.22. The number of aryl methyl sites for hydroxylation is 1. The summed E-state index contributed by atoms with van der Waals surface area (Å²) in [7, 11) is 3.40. The predicted octanol–water partition coefficient (Wildman–Crippen LogP) is 1.39. The molecule has 0 radical (unpaired) electrons. The van der Waals surface area contributed by atoms with Crippen LogP contribution in [-0.4, -0.2) is 22.9 Å². The van der Waals surface area contributed by atoms with Crippen LogP contribution in [0.15, 0.2) is 18.2 Å². The maximum atomic E-state index is 10.7. The summed E-state index contributed by atoms with van der Waals surface area (Å²) in [5.74, 6) is 0.556. The van der Waals surface area contributed by atoms with E-state index in [2.05, 4.69) is 4.98 Å². The van der Waals surface area contributed by atoms with Crippen LogP contribution in [0, 0.1) is 0 Å². The Kier molecular flexibility index (Phi) is 1.96. The zero-order chi connectivity index (χ0) is 10.1. The second-order valence-corrected chi connectivity index (χ2v) is 3.00. The number of carbonyl (C=O) groups is 1. The molecule has 0 amide bonds. The number of aldehydes is 1. The molecule has 0 atom stereocenters. The van der Waals surface area contributed by atoms with Gasteiger partial charge in [0, 0.05) is 13.1 Å². The quantitative estimate of drug-likeness (QED) is 0.672. The minimum absolute atomic E-state index is 0.556. The van der Waals surface area contributed by atoms with Gasteiger partial charge in [0.2, 0.25) is 5.88 Å². The summed E-state index contributed by atoms with van der Waals surface area (Å²) in [5, 5.41) is 0. The summed E-state index contributed by atoms with van der Waals surface area (Å²) in [6.07, 6.45) is 0.814. The van der Waals surface area contributed by atoms with Gasteiger partial charge >= 0.3 is 0 Å². The van der Waals surface area contributed by atoms with Crippen LogP contribution in [0.4, 0.5) is 0 Å². The minimum Gasteiger partial charge on any atom is -0.481 e. The van der Waals surface area contributed by atoms with Crippen molar-refractivity contribution < 1.29 is 9.53 Å². The van der Waals surface area contributed by atoms with E-state index < -0.39 is 0 Å². The number of pyridine rings is 1. The molecule has 0 aromatic carbocycles. The molecule has 72 valence electrons. The van der Waals surface area contributed by atoms with Gasteiger partial charge in [-0.1, -0.05) is 0 Å². The molecule has 2 aromatic rings. The first-order valence-electron chi connectivity index (χ1n) is 4.22. The molecule has 14 heavy (non-hydrogen) atoms. The highest BCUT2D eigenvalue weighted by atomic mass is 16.5. The van der Waals surface area contributed by atoms with Crippen molar-refractivity contribution in [2.75, 3.05) is 7.11 Å². The van der Waals surface area contributed by atoms with Crippen molar-refractivity contribution in [1.29, 1.82) is 0 Å². The Bertz CT molecular complexity index is 488. The molecule has 0 N–H and O–H groups in total. The number of carbonyl (C=O) groups excluding carboxylic acids is 1. The molecular weight excluding hydrogens is 180 g/mol. The maximum Gasteiger partial charge on any atom is 0.213 e. The summed E-state index contributed by atoms with van der Waals surface area (Å²) < 4.78 is 6.80. The number of fused-ring (bicyclic) bond motifs is 1. The van der Waals surface area contributed by atoms with Crippen molar-refractivity contribution >= 4 is 17.3 Å². The van der Waals surface area contributed by atoms with Gasteiger partial charge in [0.15, 0.2) is 6.29 Å². The molecule has 0 bridgehead atoms. The van der Waals surface area contributed by atoms with Crippen LogP contribution in [0.2, 0.25) is 0 Å². The number of methoxy groups -OCH3 is 1. The molecule has 0 aliphatic rings. The predicted molar refractivity (Wildman–Crippen MR) is 52.7 cm³/mol. The van der Waals surface area contributed by atoms with E-state index in [0.29, 0.717) is 11.6 Å². The third-order valence-corrected chi connectivity index (χ3v) is 2.24. The smallest absolute Gasteiger partial charge is 0.213 e. The monoisotopic (exact) mass is 190 g/mol. The summed E-state index contributed by atoms with van der Waals surface area (Å²) >= 11 is 0. The average Bonchev–Trinajstić information content (AvgIpc) is 2.55. The zero-order valence-electron chi connectivity index (χ0n) is 8.02. The van der Waals surface area contributed by atoms with E-state index in [1.807, 2.05) is 13.1 Å². The van der Waals surface area contributed by atoms with Crippen molar-refractivity contribution in [3.63, 3.8) is 0 Å². The lowest BCUT2D eigenvalue weighted by molar-refractivity contribution is 0.111. The van der Waals surface area contributed by atoms with E-state index in [-0.39, 0.29) is 0 Å². The number of ether oxygens (including phenoxy) is 1. The largest absolute Gasteiger partial charge is 0.481 e. The Morgan fingerprint density at radius 1 is 1.50 bits per heavy atom. The SMILES string of the molecule is COc1ccc2c(cc(C=O)n2C)n1. The van der Waals surface area contributed by atoms with Gasteiger partial charge in [0.1, 0.15) is 0 Å². The fourth-order valence-corrected chi connectivity index (χ4v) is 1.44. The van der Waals surface area contributed by atoms with Crippen LogP contribution in [0.25, 0.3) is 11.0 Å². The van der Waals surface area contributed by atoms with Crippen LogP contribution in [0.1, 0.15) is 10.5 Å². The van der Waals surface area contributed by atoms with Crippen LogP contribution in [-0.2, 0) is 7.05 Å². The molecule has 0 aliphatic carbocycles. The van der Waals surface area contributed by atoms with Crippen molar-refractivity contribution in [1.82, 2.24) is 9.55 Å². The van der Waals surface area contributed by atoms with Crippen LogP contribution in [0.5, 0.6) is 5.88 Å². The lowest BCUT2D eigenvalue weighted by atomic mass is 10.4. The van der Waals surface area contributed by atoms with Crippen molar-refractivity contribution in [3.05, 3.63) is 23.9 Å². The number of nitrogens with zero attached hydrogens (tertiary/aromatic N) is 2.